The summed E-state index contributed by atoms with van der Waals surface area (Å²) < 4.78 is 0. The molecule has 0 saturated heterocycles. The molecular formula is C15H24ClN3O2. The zero-order chi connectivity index (χ0) is 16.0. The number of nitrogens with zero attached hydrogens (tertiary/aromatic N) is 1. The van der Waals surface area contributed by atoms with Crippen LogP contribution in [-0.4, -0.2) is 55.2 Å². The van der Waals surface area contributed by atoms with Crippen LogP contribution in [0.1, 0.15) is 12.5 Å². The van der Waals surface area contributed by atoms with E-state index in [4.69, 9.17) is 11.6 Å². The van der Waals surface area contributed by atoms with E-state index in [1.807, 2.05) is 32.0 Å². The van der Waals surface area contributed by atoms with Crippen LogP contribution in [0.5, 0.6) is 0 Å². The van der Waals surface area contributed by atoms with Crippen LogP contribution in [0.3, 0.4) is 0 Å². The van der Waals surface area contributed by atoms with Gasteiger partial charge in [-0.05, 0) is 45.6 Å². The molecular weight excluding hydrogens is 290 g/mol. The second-order valence-corrected chi connectivity index (χ2v) is 6.28. The lowest BCUT2D eigenvalue weighted by Crippen LogP contribution is -2.47. The maximum atomic E-state index is 11.9. The van der Waals surface area contributed by atoms with Gasteiger partial charge in [0.2, 0.25) is 5.91 Å². The monoisotopic (exact) mass is 313 g/mol. The first-order valence-electron chi connectivity index (χ1n) is 6.83. The Balaban J connectivity index is 2.43. The van der Waals surface area contributed by atoms with E-state index in [2.05, 4.69) is 10.6 Å². The number of aliphatic hydroxyl groups is 1. The van der Waals surface area contributed by atoms with Gasteiger partial charge in [-0.25, -0.2) is 0 Å². The highest BCUT2D eigenvalue weighted by Gasteiger charge is 2.21. The van der Waals surface area contributed by atoms with Gasteiger partial charge >= 0.3 is 0 Å². The maximum absolute atomic E-state index is 11.9. The van der Waals surface area contributed by atoms with Crippen LogP contribution in [0.25, 0.3) is 0 Å². The number of anilines is 1. The summed E-state index contributed by atoms with van der Waals surface area (Å²) in [6.45, 7) is 4.64. The normalized spacial score (nSPS) is 14.0. The summed E-state index contributed by atoms with van der Waals surface area (Å²) in [7, 11) is 3.78. The van der Waals surface area contributed by atoms with Gasteiger partial charge in [0.15, 0.2) is 0 Å². The molecule has 1 amide bonds. The molecule has 0 fully saturated rings. The fraction of sp³-hybridized carbons (Fsp3) is 0.533. The first-order valence-corrected chi connectivity index (χ1v) is 7.21. The summed E-state index contributed by atoms with van der Waals surface area (Å²) >= 11 is 5.91. The fourth-order valence-corrected chi connectivity index (χ4v) is 2.28. The number of aryl methyl sites for hydroxylation is 1. The predicted molar refractivity (Wildman–Crippen MR) is 86.9 cm³/mol. The lowest BCUT2D eigenvalue weighted by atomic mass is 10.1. The van der Waals surface area contributed by atoms with E-state index in [0.717, 1.165) is 5.56 Å². The predicted octanol–water partition coefficient (Wildman–Crippen LogP) is 1.49. The Bertz CT molecular complexity index is 490. The van der Waals surface area contributed by atoms with E-state index in [9.17, 15) is 9.90 Å². The molecule has 118 valence electrons. The van der Waals surface area contributed by atoms with Crippen molar-refractivity contribution in [3.05, 3.63) is 28.8 Å². The van der Waals surface area contributed by atoms with Crippen molar-refractivity contribution in [2.75, 3.05) is 39.0 Å². The van der Waals surface area contributed by atoms with Crippen LogP contribution >= 0.6 is 11.6 Å². The average Bonchev–Trinajstić information content (AvgIpc) is 2.31. The maximum Gasteiger partial charge on any atom is 0.238 e. The van der Waals surface area contributed by atoms with E-state index in [1.54, 1.807) is 19.1 Å². The van der Waals surface area contributed by atoms with Crippen molar-refractivity contribution < 1.29 is 9.90 Å². The van der Waals surface area contributed by atoms with Crippen LogP contribution in [0, 0.1) is 6.92 Å². The van der Waals surface area contributed by atoms with E-state index >= 15 is 0 Å². The molecule has 1 rings (SSSR count). The minimum atomic E-state index is -0.879. The first kappa shape index (κ1) is 17.9. The second-order valence-electron chi connectivity index (χ2n) is 5.85. The van der Waals surface area contributed by atoms with Gasteiger partial charge in [-0.1, -0.05) is 17.7 Å². The summed E-state index contributed by atoms with van der Waals surface area (Å²) in [5.41, 5.74) is 0.775. The molecule has 0 heterocycles. The van der Waals surface area contributed by atoms with Crippen molar-refractivity contribution in [2.24, 2.45) is 0 Å². The molecule has 1 unspecified atom stereocenters. The number of likely N-dealkylation sites (N-methyl/N-ethyl adjacent to an activating group) is 1. The van der Waals surface area contributed by atoms with Crippen LogP contribution in [0.2, 0.25) is 5.02 Å². The third kappa shape index (κ3) is 6.91. The molecule has 6 heteroatoms. The molecule has 0 saturated carbocycles. The van der Waals surface area contributed by atoms with E-state index < -0.39 is 5.60 Å². The van der Waals surface area contributed by atoms with Crippen molar-refractivity contribution in [1.82, 2.24) is 10.2 Å². The minimum Gasteiger partial charge on any atom is -0.388 e. The number of hydrogen-bond donors (Lipinski definition) is 3. The number of hydrogen-bond acceptors (Lipinski definition) is 4. The number of amides is 1. The van der Waals surface area contributed by atoms with Gasteiger partial charge in [-0.3, -0.25) is 4.79 Å². The standard InChI is InChI=1S/C15H24ClN3O2/c1-11-5-6-12(16)7-13(11)18-14(20)8-17-9-15(2,21)10-19(3)4/h5-7,17,21H,8-10H2,1-4H3,(H,18,20). The van der Waals surface area contributed by atoms with Gasteiger partial charge in [-0.15, -0.1) is 0 Å². The quantitative estimate of drug-likeness (QED) is 0.713. The molecule has 0 bridgehead atoms. The Morgan fingerprint density at radius 2 is 2.10 bits per heavy atom. The van der Waals surface area contributed by atoms with Crippen molar-refractivity contribution in [3.8, 4) is 0 Å². The topological polar surface area (TPSA) is 64.6 Å². The summed E-state index contributed by atoms with van der Waals surface area (Å²) in [5, 5.41) is 16.5. The fourth-order valence-electron chi connectivity index (χ4n) is 2.11. The Hall–Kier alpha value is -1.14. The number of rotatable bonds is 7. The molecule has 0 spiro atoms. The van der Waals surface area contributed by atoms with Gasteiger partial charge in [0, 0.05) is 23.8 Å². The van der Waals surface area contributed by atoms with E-state index in [0.29, 0.717) is 23.8 Å². The van der Waals surface area contributed by atoms with Crippen molar-refractivity contribution >= 4 is 23.2 Å². The van der Waals surface area contributed by atoms with Crippen molar-refractivity contribution in [2.45, 2.75) is 19.4 Å². The highest BCUT2D eigenvalue weighted by atomic mass is 35.5. The van der Waals surface area contributed by atoms with Crippen LogP contribution < -0.4 is 10.6 Å². The molecule has 5 nitrogen and oxygen atoms in total. The first-order chi connectivity index (χ1) is 9.69. The van der Waals surface area contributed by atoms with Gasteiger partial charge in [-0.2, -0.15) is 0 Å². The Morgan fingerprint density at radius 1 is 1.43 bits per heavy atom. The number of benzene rings is 1. The third-order valence-electron chi connectivity index (χ3n) is 2.92. The second kappa shape index (κ2) is 7.75. The van der Waals surface area contributed by atoms with Gasteiger partial charge in [0.1, 0.15) is 0 Å². The lowest BCUT2D eigenvalue weighted by molar-refractivity contribution is -0.115. The minimum absolute atomic E-state index is 0.134. The lowest BCUT2D eigenvalue weighted by Gasteiger charge is -2.27. The van der Waals surface area contributed by atoms with E-state index in [-0.39, 0.29) is 12.5 Å². The number of carbonyl (C=O) groups excluding carboxylic acids is 1. The highest BCUT2D eigenvalue weighted by Crippen LogP contribution is 2.19. The Morgan fingerprint density at radius 3 is 2.71 bits per heavy atom. The average molecular weight is 314 g/mol. The summed E-state index contributed by atoms with van der Waals surface area (Å²) in [6.07, 6.45) is 0. The summed E-state index contributed by atoms with van der Waals surface area (Å²) in [5.74, 6) is -0.166. The highest BCUT2D eigenvalue weighted by molar-refractivity contribution is 6.31. The van der Waals surface area contributed by atoms with Crippen LogP contribution in [-0.2, 0) is 4.79 Å². The number of halogens is 1. The molecule has 0 aliphatic carbocycles. The van der Waals surface area contributed by atoms with Gasteiger partial charge in [0.25, 0.3) is 0 Å². The SMILES string of the molecule is Cc1ccc(Cl)cc1NC(=O)CNCC(C)(O)CN(C)C. The summed E-state index contributed by atoms with van der Waals surface area (Å²) in [4.78, 5) is 13.8. The molecule has 1 aromatic rings. The Labute approximate surface area is 131 Å². The molecule has 0 radical (unpaired) electrons. The molecule has 0 aromatic heterocycles. The van der Waals surface area contributed by atoms with Crippen LogP contribution in [0.4, 0.5) is 5.69 Å². The van der Waals surface area contributed by atoms with Gasteiger partial charge in [0.05, 0.1) is 12.1 Å². The van der Waals surface area contributed by atoms with Gasteiger partial charge < -0.3 is 20.6 Å². The third-order valence-corrected chi connectivity index (χ3v) is 3.16. The number of nitrogens with one attached hydrogen (secondary N) is 2. The number of carbonyl (C=O) groups is 1. The van der Waals surface area contributed by atoms with Crippen molar-refractivity contribution in [1.29, 1.82) is 0 Å². The largest absolute Gasteiger partial charge is 0.388 e. The molecule has 0 aliphatic heterocycles. The summed E-state index contributed by atoms with van der Waals surface area (Å²) in [6, 6.07) is 5.35. The molecule has 1 aromatic carbocycles. The zero-order valence-electron chi connectivity index (χ0n) is 13.0. The zero-order valence-corrected chi connectivity index (χ0v) is 13.8. The van der Waals surface area contributed by atoms with Crippen LogP contribution in [0.15, 0.2) is 18.2 Å². The molecule has 1 atom stereocenters. The molecule has 21 heavy (non-hydrogen) atoms. The molecule has 0 aliphatic rings. The Kier molecular flexibility index (Phi) is 6.61. The molecule has 3 N–H and O–H groups in total. The van der Waals surface area contributed by atoms with Crippen molar-refractivity contribution in [3.63, 3.8) is 0 Å². The smallest absolute Gasteiger partial charge is 0.238 e. The van der Waals surface area contributed by atoms with E-state index in [1.165, 1.54) is 0 Å².